The Bertz CT molecular complexity index is 1020. The van der Waals surface area contributed by atoms with Gasteiger partial charge in [0, 0.05) is 18.2 Å². The highest BCUT2D eigenvalue weighted by atomic mass is 16.5. The van der Waals surface area contributed by atoms with Gasteiger partial charge in [-0.25, -0.2) is 4.79 Å². The Morgan fingerprint density at radius 1 is 1.09 bits per heavy atom. The number of phenols is 1. The number of aliphatic carboxylic acids is 1. The van der Waals surface area contributed by atoms with E-state index in [9.17, 15) is 24.6 Å². The number of ether oxygens (including phenoxy) is 1. The number of carbonyl (C=O) groups excluding carboxylic acids is 2. The molecule has 11 heteroatoms. The van der Waals surface area contributed by atoms with E-state index < -0.39 is 23.8 Å². The summed E-state index contributed by atoms with van der Waals surface area (Å²) in [5.41, 5.74) is 11.3. The molecule has 8 N–H and O–H groups in total. The number of amides is 2. The fourth-order valence-corrected chi connectivity index (χ4v) is 2.69. The topological polar surface area (TPSA) is 189 Å². The molecule has 0 heterocycles. The Balaban J connectivity index is 1.96. The normalized spacial score (nSPS) is 11.2. The van der Waals surface area contributed by atoms with Gasteiger partial charge >= 0.3 is 5.97 Å². The predicted octanol–water partition coefficient (Wildman–Crippen LogP) is -0.0342. The van der Waals surface area contributed by atoms with E-state index in [0.29, 0.717) is 16.9 Å². The highest BCUT2D eigenvalue weighted by Gasteiger charge is 2.23. The number of rotatable bonds is 10. The monoisotopic (exact) mass is 443 g/mol. The molecular weight excluding hydrogens is 418 g/mol. The fraction of sp³-hybridized carbons (Fsp3) is 0.238. The molecule has 0 bridgehead atoms. The molecule has 0 aliphatic carbocycles. The van der Waals surface area contributed by atoms with Crippen molar-refractivity contribution in [3.05, 3.63) is 59.2 Å². The molecule has 11 nitrogen and oxygen atoms in total. The first-order valence-corrected chi connectivity index (χ1v) is 9.57. The van der Waals surface area contributed by atoms with Crippen LogP contribution < -0.4 is 26.8 Å². The Kier molecular flexibility index (Phi) is 8.40. The van der Waals surface area contributed by atoms with Crippen molar-refractivity contribution in [3.63, 3.8) is 0 Å². The maximum Gasteiger partial charge on any atom is 0.328 e. The van der Waals surface area contributed by atoms with Crippen LogP contribution in [0.2, 0.25) is 0 Å². The number of carboxylic acids is 1. The predicted molar refractivity (Wildman–Crippen MR) is 117 cm³/mol. The minimum atomic E-state index is -1.37. The van der Waals surface area contributed by atoms with Crippen LogP contribution in [0.1, 0.15) is 26.3 Å². The molecule has 0 saturated carbocycles. The molecule has 170 valence electrons. The van der Waals surface area contributed by atoms with Crippen molar-refractivity contribution in [1.29, 1.82) is 0 Å². The second-order valence-electron chi connectivity index (χ2n) is 6.72. The lowest BCUT2D eigenvalue weighted by Gasteiger charge is -2.16. The van der Waals surface area contributed by atoms with Crippen LogP contribution in [-0.2, 0) is 4.79 Å². The number of hydrogen-bond acceptors (Lipinski definition) is 6. The molecule has 0 aliphatic rings. The van der Waals surface area contributed by atoms with Crippen LogP contribution in [0.5, 0.6) is 11.5 Å². The van der Waals surface area contributed by atoms with Crippen LogP contribution >= 0.6 is 0 Å². The molecule has 1 atom stereocenters. The lowest BCUT2D eigenvalue weighted by molar-refractivity contribution is -0.139. The lowest BCUT2D eigenvalue weighted by atomic mass is 10.1. The summed E-state index contributed by atoms with van der Waals surface area (Å²) in [6.45, 7) is 1.71. The third-order valence-corrected chi connectivity index (χ3v) is 4.33. The zero-order valence-electron chi connectivity index (χ0n) is 17.4. The summed E-state index contributed by atoms with van der Waals surface area (Å²) in [6.07, 6.45) is 0. The van der Waals surface area contributed by atoms with Crippen LogP contribution in [-0.4, -0.2) is 59.7 Å². The van der Waals surface area contributed by atoms with Gasteiger partial charge in [0.05, 0.1) is 12.1 Å². The van der Waals surface area contributed by atoms with Gasteiger partial charge in [-0.1, -0.05) is 18.2 Å². The second-order valence-corrected chi connectivity index (χ2v) is 6.72. The summed E-state index contributed by atoms with van der Waals surface area (Å²) in [7, 11) is 0. The van der Waals surface area contributed by atoms with E-state index in [-0.39, 0.29) is 37.0 Å². The summed E-state index contributed by atoms with van der Waals surface area (Å²) in [5, 5.41) is 24.3. The molecular formula is C21H25N5O6. The van der Waals surface area contributed by atoms with Gasteiger partial charge in [-0.15, -0.1) is 0 Å². The standard InChI is InChI=1S/C21H25N5O6/c1-12-4-2-3-5-14(12)19(29)26-16(20(30)31)11-25-18(28)15-7-6-13(10-17(15)27)32-9-8-24-21(22)23/h2-7,10,16,27H,8-9,11H2,1H3,(H,25,28)(H,26,29)(H,30,31)(H4,22,23,24)/t16-/m0/s1. The van der Waals surface area contributed by atoms with Gasteiger partial charge in [-0.05, 0) is 30.7 Å². The van der Waals surface area contributed by atoms with Gasteiger partial charge in [0.1, 0.15) is 24.1 Å². The molecule has 32 heavy (non-hydrogen) atoms. The van der Waals surface area contributed by atoms with E-state index in [2.05, 4.69) is 15.6 Å². The first kappa shape index (κ1) is 24.0. The minimum absolute atomic E-state index is 0.0711. The number of aliphatic imine (C=N–C) groups is 1. The summed E-state index contributed by atoms with van der Waals surface area (Å²) in [6, 6.07) is 9.36. The molecule has 0 saturated heterocycles. The average Bonchev–Trinajstić information content (AvgIpc) is 2.73. The number of phenolic OH excluding ortho intramolecular Hbond substituents is 1. The zero-order valence-corrected chi connectivity index (χ0v) is 17.4. The van der Waals surface area contributed by atoms with Gasteiger partial charge in [0.2, 0.25) is 0 Å². The van der Waals surface area contributed by atoms with E-state index in [1.165, 1.54) is 18.2 Å². The summed E-state index contributed by atoms with van der Waals surface area (Å²) in [5.74, 6) is -2.75. The number of benzene rings is 2. The number of aryl methyl sites for hydroxylation is 1. The zero-order chi connectivity index (χ0) is 23.7. The van der Waals surface area contributed by atoms with E-state index in [4.69, 9.17) is 16.2 Å². The molecule has 0 aliphatic heterocycles. The van der Waals surface area contributed by atoms with Crippen molar-refractivity contribution in [2.75, 3.05) is 19.7 Å². The fourth-order valence-electron chi connectivity index (χ4n) is 2.69. The number of guanidine groups is 1. The average molecular weight is 443 g/mol. The third-order valence-electron chi connectivity index (χ3n) is 4.33. The summed E-state index contributed by atoms with van der Waals surface area (Å²) >= 11 is 0. The first-order valence-electron chi connectivity index (χ1n) is 9.57. The van der Waals surface area contributed by atoms with Crippen LogP contribution in [0.3, 0.4) is 0 Å². The SMILES string of the molecule is Cc1ccccc1C(=O)N[C@@H](CNC(=O)c1ccc(OCCN=C(N)N)cc1O)C(=O)O. The molecule has 2 aromatic carbocycles. The van der Waals surface area contributed by atoms with Crippen LogP contribution in [0.4, 0.5) is 0 Å². The molecule has 0 radical (unpaired) electrons. The molecule has 0 aromatic heterocycles. The number of nitrogens with two attached hydrogens (primary N) is 2. The van der Waals surface area contributed by atoms with Gasteiger partial charge in [0.15, 0.2) is 5.96 Å². The molecule has 0 spiro atoms. The van der Waals surface area contributed by atoms with Crippen LogP contribution in [0.25, 0.3) is 0 Å². The minimum Gasteiger partial charge on any atom is -0.507 e. The number of hydrogen-bond donors (Lipinski definition) is 6. The molecule has 2 rings (SSSR count). The van der Waals surface area contributed by atoms with Crippen molar-refractivity contribution in [2.45, 2.75) is 13.0 Å². The third kappa shape index (κ3) is 6.90. The van der Waals surface area contributed by atoms with Crippen molar-refractivity contribution in [2.24, 2.45) is 16.5 Å². The molecule has 2 amide bonds. The molecule has 0 fully saturated rings. The highest BCUT2D eigenvalue weighted by molar-refractivity contribution is 5.99. The number of carbonyl (C=O) groups is 3. The Hall–Kier alpha value is -4.28. The maximum atomic E-state index is 12.4. The quantitative estimate of drug-likeness (QED) is 0.167. The van der Waals surface area contributed by atoms with Crippen LogP contribution in [0.15, 0.2) is 47.5 Å². The summed E-state index contributed by atoms with van der Waals surface area (Å²) in [4.78, 5) is 40.0. The van der Waals surface area contributed by atoms with Crippen LogP contribution in [0, 0.1) is 6.92 Å². The van der Waals surface area contributed by atoms with E-state index in [1.54, 1.807) is 31.2 Å². The number of aromatic hydroxyl groups is 1. The Morgan fingerprint density at radius 2 is 1.81 bits per heavy atom. The number of nitrogens with zero attached hydrogens (tertiary/aromatic N) is 1. The second kappa shape index (κ2) is 11.2. The molecule has 0 unspecified atom stereocenters. The van der Waals surface area contributed by atoms with E-state index in [0.717, 1.165) is 0 Å². The number of carboxylic acid groups (broad SMARTS) is 1. The highest BCUT2D eigenvalue weighted by Crippen LogP contribution is 2.23. The van der Waals surface area contributed by atoms with Gasteiger partial charge in [-0.2, -0.15) is 0 Å². The Morgan fingerprint density at radius 3 is 2.44 bits per heavy atom. The van der Waals surface area contributed by atoms with Crippen molar-refractivity contribution in [1.82, 2.24) is 10.6 Å². The lowest BCUT2D eigenvalue weighted by Crippen LogP contribution is -2.48. The maximum absolute atomic E-state index is 12.4. The largest absolute Gasteiger partial charge is 0.507 e. The smallest absolute Gasteiger partial charge is 0.328 e. The van der Waals surface area contributed by atoms with E-state index >= 15 is 0 Å². The van der Waals surface area contributed by atoms with Crippen molar-refractivity contribution in [3.8, 4) is 11.5 Å². The van der Waals surface area contributed by atoms with E-state index in [1.807, 2.05) is 0 Å². The van der Waals surface area contributed by atoms with Crippen molar-refractivity contribution >= 4 is 23.7 Å². The van der Waals surface area contributed by atoms with Crippen molar-refractivity contribution < 1.29 is 29.3 Å². The van der Waals surface area contributed by atoms with Gasteiger partial charge in [-0.3, -0.25) is 14.6 Å². The number of nitrogens with one attached hydrogen (secondary N) is 2. The van der Waals surface area contributed by atoms with Gasteiger partial charge in [0.25, 0.3) is 11.8 Å². The Labute approximate surface area is 184 Å². The summed E-state index contributed by atoms with van der Waals surface area (Å²) < 4.78 is 5.36. The van der Waals surface area contributed by atoms with Gasteiger partial charge < -0.3 is 37.1 Å². The molecule has 2 aromatic rings. The first-order chi connectivity index (χ1) is 15.2.